The quantitative estimate of drug-likeness (QED) is 0.901. The van der Waals surface area contributed by atoms with Crippen molar-refractivity contribution >= 4 is 22.9 Å². The molecule has 19 heavy (non-hydrogen) atoms. The zero-order chi connectivity index (χ0) is 14.0. The molecule has 1 heterocycles. The Balaban J connectivity index is 2.34. The van der Waals surface area contributed by atoms with Gasteiger partial charge in [-0.3, -0.25) is 0 Å². The highest BCUT2D eigenvalue weighted by Crippen LogP contribution is 2.37. The number of aliphatic hydroxyl groups excluding tert-OH is 1. The van der Waals surface area contributed by atoms with Gasteiger partial charge < -0.3 is 10.8 Å². The fourth-order valence-electron chi connectivity index (χ4n) is 2.15. The van der Waals surface area contributed by atoms with Gasteiger partial charge in [0, 0.05) is 27.2 Å². The third-order valence-corrected chi connectivity index (χ3v) is 4.98. The summed E-state index contributed by atoms with van der Waals surface area (Å²) in [7, 11) is 0. The van der Waals surface area contributed by atoms with E-state index in [1.54, 1.807) is 11.3 Å². The highest BCUT2D eigenvalue weighted by molar-refractivity contribution is 7.12. The monoisotopic (exact) mass is 295 g/mol. The summed E-state index contributed by atoms with van der Waals surface area (Å²) in [6.07, 6.45) is -0.609. The molecule has 2 nitrogen and oxygen atoms in total. The van der Waals surface area contributed by atoms with Crippen molar-refractivity contribution in [3.8, 4) is 0 Å². The van der Waals surface area contributed by atoms with E-state index >= 15 is 0 Å². The first-order valence-electron chi connectivity index (χ1n) is 6.24. The van der Waals surface area contributed by atoms with Gasteiger partial charge in [-0.05, 0) is 37.1 Å². The summed E-state index contributed by atoms with van der Waals surface area (Å²) in [5, 5.41) is 11.2. The third-order valence-electron chi connectivity index (χ3n) is 3.42. The van der Waals surface area contributed by atoms with Crippen molar-refractivity contribution in [1.82, 2.24) is 0 Å². The van der Waals surface area contributed by atoms with Gasteiger partial charge in [0.2, 0.25) is 0 Å². The number of rotatable bonds is 4. The number of hydrogen-bond acceptors (Lipinski definition) is 3. The first-order valence-corrected chi connectivity index (χ1v) is 7.43. The number of nitrogens with two attached hydrogens (primary N) is 1. The van der Waals surface area contributed by atoms with Crippen molar-refractivity contribution < 1.29 is 5.11 Å². The standard InChI is InChI=1S/C15H18ClNOS/c1-9-7-14(19-10(9)2)15(18)12(8-17)11-5-3-4-6-13(11)16/h3-7,12,15,18H,8,17H2,1-2H3. The Kier molecular flexibility index (Phi) is 4.63. The molecule has 0 amide bonds. The smallest absolute Gasteiger partial charge is 0.0963 e. The molecule has 0 aliphatic rings. The fourth-order valence-corrected chi connectivity index (χ4v) is 3.52. The third kappa shape index (κ3) is 3.00. The molecule has 0 saturated carbocycles. The largest absolute Gasteiger partial charge is 0.387 e. The van der Waals surface area contributed by atoms with E-state index in [0.29, 0.717) is 11.6 Å². The minimum absolute atomic E-state index is 0.175. The van der Waals surface area contributed by atoms with E-state index in [-0.39, 0.29) is 5.92 Å². The van der Waals surface area contributed by atoms with Gasteiger partial charge in [-0.25, -0.2) is 0 Å². The Hall–Kier alpha value is -0.870. The Morgan fingerprint density at radius 2 is 2.00 bits per heavy atom. The predicted molar refractivity (Wildman–Crippen MR) is 82.0 cm³/mol. The van der Waals surface area contributed by atoms with Crippen molar-refractivity contribution in [2.45, 2.75) is 25.9 Å². The zero-order valence-electron chi connectivity index (χ0n) is 11.1. The molecule has 0 fully saturated rings. The number of halogens is 1. The van der Waals surface area contributed by atoms with Gasteiger partial charge in [-0.1, -0.05) is 29.8 Å². The van der Waals surface area contributed by atoms with Gasteiger partial charge in [0.1, 0.15) is 0 Å². The maximum absolute atomic E-state index is 10.6. The Labute approximate surface area is 122 Å². The molecule has 1 aromatic heterocycles. The van der Waals surface area contributed by atoms with Gasteiger partial charge in [0.05, 0.1) is 6.10 Å². The molecule has 4 heteroatoms. The molecule has 0 aliphatic heterocycles. The van der Waals surface area contributed by atoms with Crippen LogP contribution >= 0.6 is 22.9 Å². The van der Waals surface area contributed by atoms with E-state index < -0.39 is 6.10 Å². The lowest BCUT2D eigenvalue weighted by Gasteiger charge is -2.22. The average Bonchev–Trinajstić information content (AvgIpc) is 2.73. The molecule has 0 bridgehead atoms. The summed E-state index contributed by atoms with van der Waals surface area (Å²) in [5.74, 6) is -0.175. The van der Waals surface area contributed by atoms with Crippen molar-refractivity contribution in [2.75, 3.05) is 6.54 Å². The first kappa shape index (κ1) is 14.5. The number of aryl methyl sites for hydroxylation is 2. The Morgan fingerprint density at radius 1 is 1.32 bits per heavy atom. The molecule has 2 rings (SSSR count). The second-order valence-electron chi connectivity index (χ2n) is 4.70. The highest BCUT2D eigenvalue weighted by Gasteiger charge is 2.24. The Bertz CT molecular complexity index is 548. The van der Waals surface area contributed by atoms with Crippen LogP contribution in [0.25, 0.3) is 0 Å². The summed E-state index contributed by atoms with van der Waals surface area (Å²) in [5.41, 5.74) is 7.95. The van der Waals surface area contributed by atoms with Crippen molar-refractivity contribution in [3.63, 3.8) is 0 Å². The van der Waals surface area contributed by atoms with Crippen LogP contribution in [-0.2, 0) is 0 Å². The number of aliphatic hydroxyl groups is 1. The first-order chi connectivity index (χ1) is 9.04. The fraction of sp³-hybridized carbons (Fsp3) is 0.333. The summed E-state index contributed by atoms with van der Waals surface area (Å²) >= 11 is 7.82. The average molecular weight is 296 g/mol. The van der Waals surface area contributed by atoms with E-state index in [1.165, 1.54) is 10.4 Å². The molecular formula is C15H18ClNOS. The van der Waals surface area contributed by atoms with E-state index in [4.69, 9.17) is 17.3 Å². The van der Waals surface area contributed by atoms with E-state index in [9.17, 15) is 5.11 Å². The van der Waals surface area contributed by atoms with Gasteiger partial charge >= 0.3 is 0 Å². The van der Waals surface area contributed by atoms with Gasteiger partial charge in [0.25, 0.3) is 0 Å². The van der Waals surface area contributed by atoms with Crippen molar-refractivity contribution in [1.29, 1.82) is 0 Å². The molecule has 0 saturated heterocycles. The number of hydrogen-bond donors (Lipinski definition) is 2. The van der Waals surface area contributed by atoms with Crippen molar-refractivity contribution in [2.24, 2.45) is 5.73 Å². The van der Waals surface area contributed by atoms with E-state index in [2.05, 4.69) is 13.8 Å². The highest BCUT2D eigenvalue weighted by atomic mass is 35.5. The number of thiophene rings is 1. The van der Waals surface area contributed by atoms with E-state index in [0.717, 1.165) is 10.4 Å². The van der Waals surface area contributed by atoms with Crippen LogP contribution in [0.4, 0.5) is 0 Å². The topological polar surface area (TPSA) is 46.2 Å². The lowest BCUT2D eigenvalue weighted by molar-refractivity contribution is 0.151. The van der Waals surface area contributed by atoms with Crippen LogP contribution in [0.5, 0.6) is 0 Å². The lowest BCUT2D eigenvalue weighted by atomic mass is 9.92. The summed E-state index contributed by atoms with van der Waals surface area (Å²) in [4.78, 5) is 2.18. The van der Waals surface area contributed by atoms with Crippen LogP contribution in [0.3, 0.4) is 0 Å². The maximum atomic E-state index is 10.6. The molecule has 1 aromatic carbocycles. The van der Waals surface area contributed by atoms with E-state index in [1.807, 2.05) is 30.3 Å². The van der Waals surface area contributed by atoms with Gasteiger partial charge in [0.15, 0.2) is 0 Å². The normalized spacial score (nSPS) is 14.4. The minimum Gasteiger partial charge on any atom is -0.387 e. The van der Waals surface area contributed by atoms with Gasteiger partial charge in [-0.15, -0.1) is 11.3 Å². The molecule has 0 radical (unpaired) electrons. The van der Waals surface area contributed by atoms with Gasteiger partial charge in [-0.2, -0.15) is 0 Å². The predicted octanol–water partition coefficient (Wildman–Crippen LogP) is 3.79. The molecular weight excluding hydrogens is 278 g/mol. The SMILES string of the molecule is Cc1cc(C(O)C(CN)c2ccccc2Cl)sc1C. The molecule has 3 N–H and O–H groups in total. The van der Waals surface area contributed by atoms with Crippen LogP contribution in [0.1, 0.15) is 32.9 Å². The summed E-state index contributed by atoms with van der Waals surface area (Å²) in [6.45, 7) is 4.47. The second kappa shape index (κ2) is 6.06. The summed E-state index contributed by atoms with van der Waals surface area (Å²) in [6, 6.07) is 9.59. The number of benzene rings is 1. The summed E-state index contributed by atoms with van der Waals surface area (Å²) < 4.78 is 0. The lowest BCUT2D eigenvalue weighted by Crippen LogP contribution is -2.19. The molecule has 2 unspecified atom stereocenters. The zero-order valence-corrected chi connectivity index (χ0v) is 12.6. The molecule has 102 valence electrons. The van der Waals surface area contributed by atoms with Crippen LogP contribution in [0.2, 0.25) is 5.02 Å². The van der Waals surface area contributed by atoms with Crippen LogP contribution in [-0.4, -0.2) is 11.7 Å². The molecule has 2 aromatic rings. The van der Waals surface area contributed by atoms with Crippen LogP contribution in [0, 0.1) is 13.8 Å². The minimum atomic E-state index is -0.609. The van der Waals surface area contributed by atoms with Crippen molar-refractivity contribution in [3.05, 3.63) is 56.2 Å². The molecule has 2 atom stereocenters. The Morgan fingerprint density at radius 3 is 2.53 bits per heavy atom. The van der Waals surface area contributed by atoms with Crippen LogP contribution < -0.4 is 5.73 Å². The maximum Gasteiger partial charge on any atom is 0.0963 e. The van der Waals surface area contributed by atoms with Crippen LogP contribution in [0.15, 0.2) is 30.3 Å². The second-order valence-corrected chi connectivity index (χ2v) is 6.39. The molecule has 0 aliphatic carbocycles. The molecule has 0 spiro atoms.